The van der Waals surface area contributed by atoms with Crippen LogP contribution in [0.1, 0.15) is 1.43 Å². The summed E-state index contributed by atoms with van der Waals surface area (Å²) in [5.74, 6) is 0. The van der Waals surface area contributed by atoms with Crippen molar-refractivity contribution in [3.05, 3.63) is 0 Å². The predicted molar refractivity (Wildman–Crippen MR) is 42.0 cm³/mol. The SMILES string of the molecule is Br.F[B-](F)(F)F.F[B-](F)(F)F.F[B-](F)(F)F.[H-].[Na+]. The van der Waals surface area contributed by atoms with Crippen molar-refractivity contribution in [1.82, 2.24) is 0 Å². The van der Waals surface area contributed by atoms with Crippen LogP contribution in [-0.2, 0) is 0 Å². The molecule has 0 aliphatic heterocycles. The summed E-state index contributed by atoms with van der Waals surface area (Å²) in [6.07, 6.45) is 0. The summed E-state index contributed by atoms with van der Waals surface area (Å²) in [5.41, 5.74) is 0. The first-order valence-corrected chi connectivity index (χ1v) is 2.62. The molecule has 0 fully saturated rings. The van der Waals surface area contributed by atoms with Crippen molar-refractivity contribution in [3.63, 3.8) is 0 Å². The molecule has 0 aliphatic rings. The molecule has 0 radical (unpaired) electrons. The third-order valence-electron chi connectivity index (χ3n) is 0. The second kappa shape index (κ2) is 11.9. The average molecular weight is 365 g/mol. The van der Waals surface area contributed by atoms with Gasteiger partial charge in [0.15, 0.2) is 0 Å². The second-order valence-electron chi connectivity index (χ2n) is 1.48. The Bertz CT molecular complexity index is 102. The number of hydrogen-bond donors (Lipinski definition) is 0. The van der Waals surface area contributed by atoms with E-state index in [0.29, 0.717) is 0 Å². The van der Waals surface area contributed by atoms with Gasteiger partial charge in [0.25, 0.3) is 0 Å². The molecule has 0 spiro atoms. The molecule has 0 amide bonds. The Morgan fingerprint density at radius 2 is 0.412 bits per heavy atom. The molecule has 0 nitrogen and oxygen atoms in total. The quantitative estimate of drug-likeness (QED) is 0.452. The van der Waals surface area contributed by atoms with Gasteiger partial charge in [-0.05, 0) is 0 Å². The standard InChI is InChI=1S/3BF4.BrH.Na.H/c3*2-1(3,4)5;;;/h;;;1H;;/q3*-1;;+1;-1. The molecule has 0 atom stereocenters. The third kappa shape index (κ3) is 5320. The van der Waals surface area contributed by atoms with E-state index in [1.165, 1.54) is 0 Å². The van der Waals surface area contributed by atoms with Gasteiger partial charge in [0.05, 0.1) is 0 Å². The van der Waals surface area contributed by atoms with Gasteiger partial charge in [0.1, 0.15) is 0 Å². The maximum atomic E-state index is 9.75. The molecular weight excluding hydrogens is 363 g/mol. The molecule has 0 aromatic carbocycles. The van der Waals surface area contributed by atoms with Gasteiger partial charge in [-0.3, -0.25) is 0 Å². The van der Waals surface area contributed by atoms with Gasteiger partial charge in [0, 0.05) is 0 Å². The number of halogens is 13. The minimum absolute atomic E-state index is 0. The molecule has 0 saturated heterocycles. The van der Waals surface area contributed by atoms with Gasteiger partial charge in [-0.25, -0.2) is 0 Å². The molecule has 17 heteroatoms. The van der Waals surface area contributed by atoms with Crippen molar-refractivity contribution in [3.8, 4) is 0 Å². The Balaban J connectivity index is -0.0000000277. The van der Waals surface area contributed by atoms with E-state index in [2.05, 4.69) is 0 Å². The first kappa shape index (κ1) is 30.7. The van der Waals surface area contributed by atoms with Crippen LogP contribution >= 0.6 is 17.0 Å². The van der Waals surface area contributed by atoms with Gasteiger partial charge < -0.3 is 53.2 Å². The maximum absolute atomic E-state index is 9.75. The van der Waals surface area contributed by atoms with Crippen LogP contribution in [0.4, 0.5) is 51.8 Å². The Hall–Kier alpha value is 0.835. The van der Waals surface area contributed by atoms with Gasteiger partial charge in [0.2, 0.25) is 0 Å². The first-order chi connectivity index (χ1) is 6.00. The largest absolute Gasteiger partial charge is 1.00 e. The van der Waals surface area contributed by atoms with E-state index in [1.807, 2.05) is 0 Å². The zero-order valence-electron chi connectivity index (χ0n) is 8.68. The molecule has 0 rings (SSSR count). The van der Waals surface area contributed by atoms with E-state index in [4.69, 9.17) is 0 Å². The molecule has 0 aliphatic carbocycles. The van der Waals surface area contributed by atoms with Crippen molar-refractivity contribution in [1.29, 1.82) is 0 Å². The van der Waals surface area contributed by atoms with Gasteiger partial charge in [-0.2, -0.15) is 0 Å². The average Bonchev–Trinajstić information content (AvgIpc) is 1.41. The van der Waals surface area contributed by atoms with Crippen molar-refractivity contribution >= 4 is 38.7 Å². The van der Waals surface area contributed by atoms with Crippen LogP contribution < -0.4 is 29.6 Å². The molecule has 0 aromatic rings. The molecule has 0 heterocycles. The fourth-order valence-corrected chi connectivity index (χ4v) is 0. The fourth-order valence-electron chi connectivity index (χ4n) is 0. The molecule has 0 saturated carbocycles. The molecule has 106 valence electrons. The third-order valence-corrected chi connectivity index (χ3v) is 0. The smallest absolute Gasteiger partial charge is 1.00 e. The minimum atomic E-state index is -6.00. The van der Waals surface area contributed by atoms with Crippen molar-refractivity contribution < 1.29 is 82.8 Å². The Labute approximate surface area is 121 Å². The zero-order chi connectivity index (χ0) is 13.5. The van der Waals surface area contributed by atoms with Crippen molar-refractivity contribution in [2.45, 2.75) is 0 Å². The molecule has 0 N–H and O–H groups in total. The fraction of sp³-hybridized carbons (Fsp3) is 0. The first-order valence-electron chi connectivity index (χ1n) is 2.62. The van der Waals surface area contributed by atoms with Crippen LogP contribution in [0.15, 0.2) is 0 Å². The van der Waals surface area contributed by atoms with Crippen LogP contribution in [-0.4, -0.2) is 21.8 Å². The van der Waals surface area contributed by atoms with Crippen molar-refractivity contribution in [2.24, 2.45) is 0 Å². The summed E-state index contributed by atoms with van der Waals surface area (Å²) in [6, 6.07) is 0. The summed E-state index contributed by atoms with van der Waals surface area (Å²) < 4.78 is 117. The van der Waals surface area contributed by atoms with Crippen LogP contribution in [0.25, 0.3) is 0 Å². The van der Waals surface area contributed by atoms with Gasteiger partial charge in [-0.1, -0.05) is 0 Å². The molecule has 0 bridgehead atoms. The predicted octanol–water partition coefficient (Wildman–Crippen LogP) is 1.59. The van der Waals surface area contributed by atoms with Gasteiger partial charge in [-0.15, -0.1) is 17.0 Å². The molecule has 0 aromatic heterocycles. The monoisotopic (exact) mass is 365 g/mol. The Kier molecular flexibility index (Phi) is 21.5. The van der Waals surface area contributed by atoms with E-state index in [0.717, 1.165) is 0 Å². The summed E-state index contributed by atoms with van der Waals surface area (Å²) in [5, 5.41) is 0. The van der Waals surface area contributed by atoms with E-state index >= 15 is 0 Å². The maximum Gasteiger partial charge on any atom is 1.00 e. The minimum Gasteiger partial charge on any atom is -1.00 e. The van der Waals surface area contributed by atoms with Crippen LogP contribution in [0.3, 0.4) is 0 Å². The Morgan fingerprint density at radius 1 is 0.412 bits per heavy atom. The van der Waals surface area contributed by atoms with Crippen LogP contribution in [0.2, 0.25) is 0 Å². The normalized spacial score (nSPS) is 10.6. The molecule has 17 heavy (non-hydrogen) atoms. The summed E-state index contributed by atoms with van der Waals surface area (Å²) in [4.78, 5) is 0. The molecule has 0 unspecified atom stereocenters. The summed E-state index contributed by atoms with van der Waals surface area (Å²) in [6.45, 7) is 0. The van der Waals surface area contributed by atoms with Crippen molar-refractivity contribution in [2.75, 3.05) is 0 Å². The van der Waals surface area contributed by atoms with E-state index in [1.54, 1.807) is 0 Å². The summed E-state index contributed by atoms with van der Waals surface area (Å²) >= 11 is 0. The number of rotatable bonds is 0. The van der Waals surface area contributed by atoms with E-state index < -0.39 is 21.8 Å². The number of hydrogen-bond acceptors (Lipinski definition) is 0. The second-order valence-corrected chi connectivity index (χ2v) is 1.48. The molecular formula is H2B3BrF12Na-3. The summed E-state index contributed by atoms with van der Waals surface area (Å²) in [7, 11) is -18.0. The van der Waals surface area contributed by atoms with Crippen LogP contribution in [0.5, 0.6) is 0 Å². The van der Waals surface area contributed by atoms with Crippen LogP contribution in [0, 0.1) is 0 Å². The van der Waals surface area contributed by atoms with Gasteiger partial charge >= 0.3 is 51.3 Å². The van der Waals surface area contributed by atoms with E-state index in [-0.39, 0.29) is 48.0 Å². The Morgan fingerprint density at radius 3 is 0.412 bits per heavy atom. The topological polar surface area (TPSA) is 0 Å². The van der Waals surface area contributed by atoms with E-state index in [9.17, 15) is 51.8 Å². The zero-order valence-corrected chi connectivity index (χ0v) is 11.4.